The van der Waals surface area contributed by atoms with Crippen molar-refractivity contribution >= 4 is 11.8 Å². The van der Waals surface area contributed by atoms with Crippen molar-refractivity contribution in [3.63, 3.8) is 0 Å². The summed E-state index contributed by atoms with van der Waals surface area (Å²) < 4.78 is 15.8. The van der Waals surface area contributed by atoms with Crippen molar-refractivity contribution in [1.29, 1.82) is 0 Å². The number of piperidine rings is 1. The van der Waals surface area contributed by atoms with Gasteiger partial charge in [-0.25, -0.2) is 0 Å². The number of ether oxygens (including phenoxy) is 3. The first-order valence-corrected chi connectivity index (χ1v) is 8.75. The largest absolute Gasteiger partial charge is 0.493 e. The van der Waals surface area contributed by atoms with Crippen LogP contribution < -0.4 is 19.5 Å². The average Bonchev–Trinajstić information content (AvgIpc) is 2.63. The average molecular weight is 364 g/mol. The Morgan fingerprint density at radius 1 is 1.04 bits per heavy atom. The maximum Gasteiger partial charge on any atom is 0.251 e. The highest BCUT2D eigenvalue weighted by molar-refractivity contribution is 5.97. The van der Waals surface area contributed by atoms with Gasteiger partial charge in [-0.15, -0.1) is 0 Å². The summed E-state index contributed by atoms with van der Waals surface area (Å²) in [5.74, 6) is 1.73. The molecule has 144 valence electrons. The Balaban J connectivity index is 2.04. The molecule has 0 bridgehead atoms. The highest BCUT2D eigenvalue weighted by Crippen LogP contribution is 2.38. The van der Waals surface area contributed by atoms with Gasteiger partial charge in [-0.05, 0) is 30.4 Å². The van der Waals surface area contributed by atoms with Gasteiger partial charge < -0.3 is 24.4 Å². The highest BCUT2D eigenvalue weighted by atomic mass is 16.5. The first kappa shape index (κ1) is 19.9. The fourth-order valence-corrected chi connectivity index (χ4v) is 3.45. The lowest BCUT2D eigenvalue weighted by molar-refractivity contribution is -0.132. The van der Waals surface area contributed by atoms with Gasteiger partial charge in [0.1, 0.15) is 0 Å². The summed E-state index contributed by atoms with van der Waals surface area (Å²) in [5, 5.41) is 2.68. The van der Waals surface area contributed by atoms with Crippen LogP contribution in [0.5, 0.6) is 17.2 Å². The molecule has 7 nitrogen and oxygen atoms in total. The van der Waals surface area contributed by atoms with E-state index in [4.69, 9.17) is 14.2 Å². The second-order valence-corrected chi connectivity index (χ2v) is 6.84. The minimum Gasteiger partial charge on any atom is -0.493 e. The van der Waals surface area contributed by atoms with Crippen LogP contribution in [0.2, 0.25) is 0 Å². The molecule has 26 heavy (non-hydrogen) atoms. The Bertz CT molecular complexity index is 626. The molecule has 2 rings (SSSR count). The second-order valence-electron chi connectivity index (χ2n) is 6.84. The van der Waals surface area contributed by atoms with E-state index in [-0.39, 0.29) is 18.4 Å². The van der Waals surface area contributed by atoms with E-state index in [1.807, 2.05) is 4.90 Å². The van der Waals surface area contributed by atoms with Gasteiger partial charge in [0.15, 0.2) is 11.5 Å². The Morgan fingerprint density at radius 2 is 1.58 bits per heavy atom. The van der Waals surface area contributed by atoms with Crippen molar-refractivity contribution in [2.75, 3.05) is 41.0 Å². The van der Waals surface area contributed by atoms with Crippen LogP contribution >= 0.6 is 0 Å². The quantitative estimate of drug-likeness (QED) is 0.835. The van der Waals surface area contributed by atoms with Crippen LogP contribution in [0.15, 0.2) is 12.1 Å². The standard InChI is InChI=1S/C19H28N2O5/c1-12-6-13(2)11-21(10-12)17(22)9-20-19(23)14-7-15(24-3)18(26-5)16(8-14)25-4/h7-8,12-13H,6,9-11H2,1-5H3,(H,20,23)/t12-,13+. The van der Waals surface area contributed by atoms with Crippen LogP contribution in [0.25, 0.3) is 0 Å². The number of amides is 2. The van der Waals surface area contributed by atoms with Crippen molar-refractivity contribution in [2.45, 2.75) is 20.3 Å². The van der Waals surface area contributed by atoms with Gasteiger partial charge >= 0.3 is 0 Å². The molecule has 1 N–H and O–H groups in total. The van der Waals surface area contributed by atoms with E-state index in [0.29, 0.717) is 34.6 Å². The van der Waals surface area contributed by atoms with Crippen molar-refractivity contribution in [3.05, 3.63) is 17.7 Å². The van der Waals surface area contributed by atoms with E-state index in [2.05, 4.69) is 19.2 Å². The molecule has 0 aromatic heterocycles. The van der Waals surface area contributed by atoms with Crippen molar-refractivity contribution in [3.8, 4) is 17.2 Å². The summed E-state index contributed by atoms with van der Waals surface area (Å²) >= 11 is 0. The molecule has 1 saturated heterocycles. The number of nitrogens with zero attached hydrogens (tertiary/aromatic N) is 1. The minimum absolute atomic E-state index is 0.0328. The molecule has 1 heterocycles. The number of carbonyl (C=O) groups excluding carboxylic acids is 2. The van der Waals surface area contributed by atoms with Crippen molar-refractivity contribution in [2.24, 2.45) is 11.8 Å². The normalized spacial score (nSPS) is 19.7. The molecule has 0 saturated carbocycles. The van der Waals surface area contributed by atoms with Gasteiger partial charge in [-0.2, -0.15) is 0 Å². The third-order valence-corrected chi connectivity index (χ3v) is 4.55. The van der Waals surface area contributed by atoms with Gasteiger partial charge in [0.25, 0.3) is 5.91 Å². The topological polar surface area (TPSA) is 77.1 Å². The van der Waals surface area contributed by atoms with Gasteiger partial charge in [-0.1, -0.05) is 13.8 Å². The predicted octanol–water partition coefficient (Wildman–Crippen LogP) is 1.95. The molecular weight excluding hydrogens is 336 g/mol. The molecule has 0 spiro atoms. The molecule has 1 fully saturated rings. The van der Waals surface area contributed by atoms with Gasteiger partial charge in [0.2, 0.25) is 11.7 Å². The molecule has 1 aliphatic heterocycles. The monoisotopic (exact) mass is 364 g/mol. The van der Waals surface area contributed by atoms with E-state index >= 15 is 0 Å². The SMILES string of the molecule is COc1cc(C(=O)NCC(=O)N2C[C@H](C)C[C@H](C)C2)cc(OC)c1OC. The van der Waals surface area contributed by atoms with E-state index < -0.39 is 0 Å². The van der Waals surface area contributed by atoms with Gasteiger partial charge in [-0.3, -0.25) is 9.59 Å². The summed E-state index contributed by atoms with van der Waals surface area (Å²) in [6.45, 7) is 5.73. The Labute approximate surface area is 154 Å². The summed E-state index contributed by atoms with van der Waals surface area (Å²) in [7, 11) is 4.47. The maximum atomic E-state index is 12.5. The van der Waals surface area contributed by atoms with Crippen LogP contribution in [0.4, 0.5) is 0 Å². The molecular formula is C19H28N2O5. The zero-order chi connectivity index (χ0) is 19.3. The number of benzene rings is 1. The van der Waals surface area contributed by atoms with Gasteiger partial charge in [0.05, 0.1) is 27.9 Å². The molecule has 1 aliphatic rings. The van der Waals surface area contributed by atoms with Crippen LogP contribution in [-0.4, -0.2) is 57.7 Å². The number of methoxy groups -OCH3 is 3. The van der Waals surface area contributed by atoms with E-state index in [1.165, 1.54) is 21.3 Å². The molecule has 0 radical (unpaired) electrons. The zero-order valence-corrected chi connectivity index (χ0v) is 16.1. The first-order valence-electron chi connectivity index (χ1n) is 8.75. The Hall–Kier alpha value is -2.44. The number of carbonyl (C=O) groups is 2. The van der Waals surface area contributed by atoms with E-state index in [0.717, 1.165) is 19.5 Å². The fraction of sp³-hybridized carbons (Fsp3) is 0.579. The maximum absolute atomic E-state index is 12.5. The lowest BCUT2D eigenvalue weighted by Crippen LogP contribution is -2.46. The number of hydrogen-bond acceptors (Lipinski definition) is 5. The number of nitrogens with one attached hydrogen (secondary N) is 1. The lowest BCUT2D eigenvalue weighted by atomic mass is 9.92. The van der Waals surface area contributed by atoms with E-state index in [9.17, 15) is 9.59 Å². The lowest BCUT2D eigenvalue weighted by Gasteiger charge is -2.35. The Morgan fingerprint density at radius 3 is 2.04 bits per heavy atom. The smallest absolute Gasteiger partial charge is 0.251 e. The van der Waals surface area contributed by atoms with Crippen LogP contribution in [-0.2, 0) is 4.79 Å². The van der Waals surface area contributed by atoms with Crippen molar-refractivity contribution in [1.82, 2.24) is 10.2 Å². The van der Waals surface area contributed by atoms with Crippen LogP contribution in [0, 0.1) is 11.8 Å². The third-order valence-electron chi connectivity index (χ3n) is 4.55. The molecule has 0 unspecified atom stereocenters. The summed E-state index contributed by atoms with van der Waals surface area (Å²) in [4.78, 5) is 26.7. The summed E-state index contributed by atoms with van der Waals surface area (Å²) in [6.07, 6.45) is 1.13. The molecule has 2 amide bonds. The molecule has 1 aromatic carbocycles. The number of likely N-dealkylation sites (tertiary alicyclic amines) is 1. The van der Waals surface area contributed by atoms with Gasteiger partial charge in [0, 0.05) is 18.7 Å². The Kier molecular flexibility index (Phi) is 6.71. The van der Waals surface area contributed by atoms with E-state index in [1.54, 1.807) is 12.1 Å². The zero-order valence-electron chi connectivity index (χ0n) is 16.1. The molecule has 0 aliphatic carbocycles. The van der Waals surface area contributed by atoms with Crippen LogP contribution in [0.1, 0.15) is 30.6 Å². The highest BCUT2D eigenvalue weighted by Gasteiger charge is 2.25. The molecule has 2 atom stereocenters. The predicted molar refractivity (Wildman–Crippen MR) is 98.0 cm³/mol. The van der Waals surface area contributed by atoms with Crippen LogP contribution in [0.3, 0.4) is 0 Å². The number of rotatable bonds is 6. The summed E-state index contributed by atoms with van der Waals surface area (Å²) in [5.41, 5.74) is 0.340. The minimum atomic E-state index is -0.365. The fourth-order valence-electron chi connectivity index (χ4n) is 3.45. The molecule has 7 heteroatoms. The first-order chi connectivity index (χ1) is 12.4. The third kappa shape index (κ3) is 4.59. The summed E-state index contributed by atoms with van der Waals surface area (Å²) in [6, 6.07) is 3.12. The van der Waals surface area contributed by atoms with Crippen molar-refractivity contribution < 1.29 is 23.8 Å². The number of hydrogen-bond donors (Lipinski definition) is 1. The molecule has 1 aromatic rings. The second kappa shape index (κ2) is 8.78.